The first-order valence-electron chi connectivity index (χ1n) is 3.00. The van der Waals surface area contributed by atoms with Crippen molar-refractivity contribution >= 4 is 46.4 Å². The Bertz CT molecular complexity index is 285. The molecular weight excluding hydrogens is 242 g/mol. The highest BCUT2D eigenvalue weighted by atomic mass is 35.5. The van der Waals surface area contributed by atoms with Gasteiger partial charge in [0.15, 0.2) is 0 Å². The molecule has 0 heterocycles. The van der Waals surface area contributed by atoms with Crippen LogP contribution in [0.2, 0.25) is 20.1 Å². The highest BCUT2D eigenvalue weighted by Crippen LogP contribution is 2.36. The van der Waals surface area contributed by atoms with Gasteiger partial charge in [0.1, 0.15) is 0 Å². The van der Waals surface area contributed by atoms with Crippen LogP contribution in [0.1, 0.15) is 5.56 Å². The van der Waals surface area contributed by atoms with Crippen LogP contribution in [0.4, 0.5) is 0 Å². The maximum absolute atomic E-state index is 8.86. The van der Waals surface area contributed by atoms with Crippen molar-refractivity contribution in [1.29, 1.82) is 0 Å². The molecule has 0 aliphatic rings. The summed E-state index contributed by atoms with van der Waals surface area (Å²) in [7, 11) is 0. The Morgan fingerprint density at radius 1 is 1.00 bits per heavy atom. The highest BCUT2D eigenvalue weighted by molar-refractivity contribution is 6.47. The molecule has 0 saturated heterocycles. The van der Waals surface area contributed by atoms with Crippen molar-refractivity contribution in [1.82, 2.24) is 0 Å². The lowest BCUT2D eigenvalue weighted by atomic mass is 10.2. The first kappa shape index (κ1) is 10.4. The molecule has 12 heavy (non-hydrogen) atoms. The van der Waals surface area contributed by atoms with E-state index in [1.807, 2.05) is 0 Å². The van der Waals surface area contributed by atoms with Crippen molar-refractivity contribution in [3.05, 3.63) is 31.7 Å². The highest BCUT2D eigenvalue weighted by Gasteiger charge is 2.12. The number of aliphatic hydroxyl groups excluding tert-OH is 1. The summed E-state index contributed by atoms with van der Waals surface area (Å²) < 4.78 is 0. The normalized spacial score (nSPS) is 10.4. The van der Waals surface area contributed by atoms with Gasteiger partial charge < -0.3 is 5.11 Å². The summed E-state index contributed by atoms with van der Waals surface area (Å²) in [5.74, 6) is 0. The Hall–Kier alpha value is 0.340. The van der Waals surface area contributed by atoms with Gasteiger partial charge in [-0.05, 0) is 6.07 Å². The van der Waals surface area contributed by atoms with Gasteiger partial charge >= 0.3 is 0 Å². The first-order valence-corrected chi connectivity index (χ1v) is 4.51. The summed E-state index contributed by atoms with van der Waals surface area (Å²) in [5.41, 5.74) is 0.357. The zero-order chi connectivity index (χ0) is 9.30. The molecule has 0 aromatic heterocycles. The average molecular weight is 246 g/mol. The predicted molar refractivity (Wildman–Crippen MR) is 52.4 cm³/mol. The van der Waals surface area contributed by atoms with E-state index in [4.69, 9.17) is 51.5 Å². The maximum Gasteiger partial charge on any atom is 0.0712 e. The van der Waals surface area contributed by atoms with Gasteiger partial charge in [0.05, 0.1) is 26.7 Å². The molecule has 1 N–H and O–H groups in total. The molecule has 0 spiro atoms. The lowest BCUT2D eigenvalue weighted by Gasteiger charge is -2.06. The topological polar surface area (TPSA) is 20.2 Å². The van der Waals surface area contributed by atoms with Crippen LogP contribution >= 0.6 is 46.4 Å². The van der Waals surface area contributed by atoms with Gasteiger partial charge in [-0.2, -0.15) is 0 Å². The Kier molecular flexibility index (Phi) is 3.50. The number of rotatable bonds is 1. The van der Waals surface area contributed by atoms with E-state index in [0.717, 1.165) is 0 Å². The molecule has 0 radical (unpaired) electrons. The van der Waals surface area contributed by atoms with Gasteiger partial charge in [0.25, 0.3) is 0 Å². The second-order valence-electron chi connectivity index (χ2n) is 2.10. The molecule has 0 saturated carbocycles. The molecule has 0 bridgehead atoms. The van der Waals surface area contributed by atoms with E-state index in [1.54, 1.807) is 0 Å². The fourth-order valence-corrected chi connectivity index (χ4v) is 1.73. The Labute approximate surface area is 89.8 Å². The average Bonchev–Trinajstić information content (AvgIpc) is 2.02. The van der Waals surface area contributed by atoms with E-state index in [9.17, 15) is 0 Å². The number of hydrogen-bond donors (Lipinski definition) is 1. The van der Waals surface area contributed by atoms with Crippen LogP contribution in [0, 0.1) is 0 Å². The minimum Gasteiger partial charge on any atom is -0.392 e. The van der Waals surface area contributed by atoms with Gasteiger partial charge in [-0.25, -0.2) is 0 Å². The van der Waals surface area contributed by atoms with E-state index < -0.39 is 0 Å². The molecule has 0 amide bonds. The summed E-state index contributed by atoms with van der Waals surface area (Å²) in [6.07, 6.45) is 0. The van der Waals surface area contributed by atoms with Gasteiger partial charge in [-0.15, -0.1) is 0 Å². The molecule has 1 nitrogen and oxygen atoms in total. The van der Waals surface area contributed by atoms with Crippen LogP contribution in [0.5, 0.6) is 0 Å². The van der Waals surface area contributed by atoms with E-state index in [-0.39, 0.29) is 26.7 Å². The number of halogens is 4. The van der Waals surface area contributed by atoms with E-state index >= 15 is 0 Å². The second kappa shape index (κ2) is 4.03. The number of aliphatic hydroxyl groups is 1. The molecule has 1 aromatic carbocycles. The van der Waals surface area contributed by atoms with Crippen LogP contribution in [0.3, 0.4) is 0 Å². The van der Waals surface area contributed by atoms with E-state index in [1.165, 1.54) is 6.07 Å². The summed E-state index contributed by atoms with van der Waals surface area (Å²) in [6, 6.07) is 1.44. The zero-order valence-corrected chi connectivity index (χ0v) is 8.77. The fourth-order valence-electron chi connectivity index (χ4n) is 0.761. The molecule has 1 rings (SSSR count). The lowest BCUT2D eigenvalue weighted by molar-refractivity contribution is 0.282. The molecule has 0 fully saturated rings. The summed E-state index contributed by atoms with van der Waals surface area (Å²) >= 11 is 22.8. The van der Waals surface area contributed by atoms with Crippen LogP contribution in [0.25, 0.3) is 0 Å². The van der Waals surface area contributed by atoms with Crippen molar-refractivity contribution in [3.63, 3.8) is 0 Å². The van der Waals surface area contributed by atoms with E-state index in [0.29, 0.717) is 5.56 Å². The summed E-state index contributed by atoms with van der Waals surface area (Å²) in [5, 5.41) is 9.92. The molecule has 1 aromatic rings. The lowest BCUT2D eigenvalue weighted by Crippen LogP contribution is -1.88. The Balaban J connectivity index is 3.42. The van der Waals surface area contributed by atoms with Crippen molar-refractivity contribution < 1.29 is 5.11 Å². The monoisotopic (exact) mass is 244 g/mol. The minimum atomic E-state index is -0.280. The number of benzene rings is 1. The van der Waals surface area contributed by atoms with E-state index in [2.05, 4.69) is 0 Å². The van der Waals surface area contributed by atoms with Crippen LogP contribution in [0.15, 0.2) is 6.07 Å². The van der Waals surface area contributed by atoms with Gasteiger partial charge in [-0.3, -0.25) is 0 Å². The fraction of sp³-hybridized carbons (Fsp3) is 0.143. The molecule has 0 atom stereocenters. The SMILES string of the molecule is OCc1c(Cl)c(Cl)cc(Cl)c1Cl. The van der Waals surface area contributed by atoms with Crippen LogP contribution in [-0.2, 0) is 6.61 Å². The molecular formula is C7H4Cl4O. The summed E-state index contributed by atoms with van der Waals surface area (Å²) in [6.45, 7) is -0.280. The van der Waals surface area contributed by atoms with Crippen LogP contribution in [-0.4, -0.2) is 5.11 Å². The minimum absolute atomic E-state index is 0.244. The standard InChI is InChI=1S/C7H4Cl4O/c8-4-1-5(9)7(11)3(2-12)6(4)10/h1,12H,2H2. The van der Waals surface area contributed by atoms with Crippen molar-refractivity contribution in [2.24, 2.45) is 0 Å². The smallest absolute Gasteiger partial charge is 0.0712 e. The van der Waals surface area contributed by atoms with Crippen molar-refractivity contribution in [3.8, 4) is 0 Å². The third-order valence-corrected chi connectivity index (χ3v) is 3.01. The number of hydrogen-bond acceptors (Lipinski definition) is 1. The van der Waals surface area contributed by atoms with Crippen LogP contribution < -0.4 is 0 Å². The molecule has 66 valence electrons. The van der Waals surface area contributed by atoms with Gasteiger partial charge in [0.2, 0.25) is 0 Å². The first-order chi connectivity index (χ1) is 5.57. The molecule has 5 heteroatoms. The Morgan fingerprint density at radius 3 is 1.75 bits per heavy atom. The Morgan fingerprint density at radius 2 is 1.42 bits per heavy atom. The predicted octanol–water partition coefficient (Wildman–Crippen LogP) is 3.79. The second-order valence-corrected chi connectivity index (χ2v) is 3.68. The third kappa shape index (κ3) is 1.81. The third-order valence-electron chi connectivity index (χ3n) is 1.36. The zero-order valence-electron chi connectivity index (χ0n) is 5.74. The quantitative estimate of drug-likeness (QED) is 0.747. The molecule has 0 unspecified atom stereocenters. The largest absolute Gasteiger partial charge is 0.392 e. The molecule has 0 aliphatic heterocycles. The van der Waals surface area contributed by atoms with Gasteiger partial charge in [-0.1, -0.05) is 46.4 Å². The van der Waals surface area contributed by atoms with Crippen molar-refractivity contribution in [2.75, 3.05) is 0 Å². The summed E-state index contributed by atoms with van der Waals surface area (Å²) in [4.78, 5) is 0. The van der Waals surface area contributed by atoms with Gasteiger partial charge in [0, 0.05) is 5.56 Å². The van der Waals surface area contributed by atoms with Crippen molar-refractivity contribution in [2.45, 2.75) is 6.61 Å². The molecule has 0 aliphatic carbocycles. The maximum atomic E-state index is 8.86.